The third-order valence-electron chi connectivity index (χ3n) is 0.0645. The minimum absolute atomic E-state index is 0.988. The van der Waals surface area contributed by atoms with E-state index in [9.17, 15) is 0 Å². The second-order valence-electron chi connectivity index (χ2n) is 0.208. The summed E-state index contributed by atoms with van der Waals surface area (Å²) in [5, 5.41) is 0. The Kier molecular flexibility index (Phi) is 3.73. The van der Waals surface area contributed by atoms with E-state index >= 15 is 0 Å². The predicted molar refractivity (Wildman–Crippen MR) is 11.4 cm³/mol. The van der Waals surface area contributed by atoms with Gasteiger partial charge in [-0.25, -0.2) is 0 Å². The van der Waals surface area contributed by atoms with Crippen molar-refractivity contribution in [2.75, 3.05) is 0 Å². The number of hydrogen-bond acceptors (Lipinski definition) is 2. The van der Waals surface area contributed by atoms with Gasteiger partial charge in [0.05, 0.1) is 0 Å². The molecule has 0 fully saturated rings. The molecule has 0 rings (SSSR count). The van der Waals surface area contributed by atoms with E-state index in [1.807, 2.05) is 0 Å². The van der Waals surface area contributed by atoms with Gasteiger partial charge >= 0.3 is 35.8 Å². The second-order valence-corrected chi connectivity index (χ2v) is 1.70. The van der Waals surface area contributed by atoms with Crippen LogP contribution in [0.4, 0.5) is 0 Å². The van der Waals surface area contributed by atoms with Crippen molar-refractivity contribution in [2.24, 2.45) is 0 Å². The van der Waals surface area contributed by atoms with Crippen LogP contribution in [0.2, 0.25) is 0 Å². The molecule has 0 aromatic carbocycles. The van der Waals surface area contributed by atoms with Crippen LogP contribution in [0.25, 0.3) is 0 Å². The second kappa shape index (κ2) is 3.85. The number of hydrogen-bond donors (Lipinski definition) is 0. The standard InChI is InChI=1S/2CO.Pt/c2*1-2;. The van der Waals surface area contributed by atoms with Gasteiger partial charge in [0.25, 0.3) is 0 Å². The fourth-order valence-electron chi connectivity index (χ4n) is 0.0132. The van der Waals surface area contributed by atoms with Crippen molar-refractivity contribution in [3.05, 3.63) is 0 Å². The first kappa shape index (κ1) is 4.85. The van der Waals surface area contributed by atoms with Gasteiger partial charge in [0.2, 0.25) is 0 Å². The van der Waals surface area contributed by atoms with Crippen LogP contribution >= 0.6 is 0 Å². The molecule has 0 aromatic rings. The van der Waals surface area contributed by atoms with Gasteiger partial charge in [0, 0.05) is 0 Å². The first-order chi connectivity index (χ1) is 2.41. The predicted octanol–water partition coefficient (Wildman–Crippen LogP) is -0.797. The molecular weight excluding hydrogens is 251 g/mol. The summed E-state index contributed by atoms with van der Waals surface area (Å²) in [5.41, 5.74) is 0. The Hall–Kier alpha value is -0.152. The molecule has 0 aromatic heterocycles. The van der Waals surface area contributed by atoms with Gasteiger partial charge in [-0.15, -0.1) is 0 Å². The van der Waals surface area contributed by atoms with E-state index in [2.05, 4.69) is 0 Å². The molecule has 0 amide bonds. The minimum atomic E-state index is -0.988. The van der Waals surface area contributed by atoms with Gasteiger partial charge in [-0.1, -0.05) is 0 Å². The molecule has 30 valence electrons. The Labute approximate surface area is 36.4 Å². The van der Waals surface area contributed by atoms with Gasteiger partial charge in [-0.05, 0) is 0 Å². The van der Waals surface area contributed by atoms with Crippen molar-refractivity contribution in [2.45, 2.75) is 0 Å². The summed E-state index contributed by atoms with van der Waals surface area (Å²) >= 11 is -0.988. The fourth-order valence-corrected chi connectivity index (χ4v) is 0.108. The molecule has 0 saturated heterocycles. The van der Waals surface area contributed by atoms with Crippen LogP contribution in [0.5, 0.6) is 0 Å². The molecule has 0 N–H and O–H groups in total. The zero-order valence-corrected chi connectivity index (χ0v) is 4.40. The Balaban J connectivity index is 4.38. The summed E-state index contributed by atoms with van der Waals surface area (Å²) in [6.07, 6.45) is 0. The van der Waals surface area contributed by atoms with Crippen LogP contribution in [0.15, 0.2) is 0 Å². The Bertz CT molecular complexity index is 99.6. The SMILES string of the molecule is O=[C]=[Pt]=[C]=O. The van der Waals surface area contributed by atoms with E-state index in [0.717, 1.165) is 0 Å². The van der Waals surface area contributed by atoms with Gasteiger partial charge < -0.3 is 0 Å². The van der Waals surface area contributed by atoms with E-state index < -0.39 is 17.6 Å². The van der Waals surface area contributed by atoms with E-state index in [1.54, 1.807) is 0 Å². The zero-order valence-electron chi connectivity index (χ0n) is 2.13. The van der Waals surface area contributed by atoms with Crippen LogP contribution in [0, 0.1) is 0 Å². The van der Waals surface area contributed by atoms with Crippen LogP contribution in [-0.2, 0) is 27.2 Å². The quantitative estimate of drug-likeness (QED) is 0.565. The molecule has 5 heavy (non-hydrogen) atoms. The Morgan fingerprint density at radius 3 is 1.60 bits per heavy atom. The molecule has 3 heteroatoms. The molecular formula is C2O2Pt. The fraction of sp³-hybridized carbons (Fsp3) is 0. The van der Waals surface area contributed by atoms with Crippen molar-refractivity contribution in [1.82, 2.24) is 0 Å². The summed E-state index contributed by atoms with van der Waals surface area (Å²) in [6, 6.07) is 0. The Morgan fingerprint density at radius 2 is 1.60 bits per heavy atom. The van der Waals surface area contributed by atoms with Crippen LogP contribution in [0.1, 0.15) is 0 Å². The van der Waals surface area contributed by atoms with Crippen molar-refractivity contribution < 1.29 is 27.2 Å². The summed E-state index contributed by atoms with van der Waals surface area (Å²) in [6.45, 7) is 0. The van der Waals surface area contributed by atoms with Gasteiger partial charge in [0.1, 0.15) is 0 Å². The Morgan fingerprint density at radius 1 is 1.20 bits per heavy atom. The first-order valence-corrected chi connectivity index (χ1v) is 3.00. The van der Waals surface area contributed by atoms with Crippen LogP contribution < -0.4 is 0 Å². The van der Waals surface area contributed by atoms with E-state index in [0.29, 0.717) is 0 Å². The van der Waals surface area contributed by atoms with E-state index in [-0.39, 0.29) is 0 Å². The van der Waals surface area contributed by atoms with Crippen molar-refractivity contribution in [3.63, 3.8) is 0 Å². The third kappa shape index (κ3) is 3.85. The molecule has 0 aliphatic carbocycles. The molecule has 0 aliphatic heterocycles. The molecule has 0 aliphatic rings. The summed E-state index contributed by atoms with van der Waals surface area (Å²) in [7, 11) is 0. The molecule has 0 unspecified atom stereocenters. The summed E-state index contributed by atoms with van der Waals surface area (Å²) in [4.78, 5) is 18.1. The summed E-state index contributed by atoms with van der Waals surface area (Å²) < 4.78 is 2.91. The monoisotopic (exact) mass is 251 g/mol. The van der Waals surface area contributed by atoms with Crippen molar-refractivity contribution in [3.8, 4) is 0 Å². The zero-order chi connectivity index (χ0) is 4.12. The van der Waals surface area contributed by atoms with Gasteiger partial charge in [0.15, 0.2) is 0 Å². The van der Waals surface area contributed by atoms with E-state index in [1.165, 1.54) is 8.53 Å². The molecule has 0 radical (unpaired) electrons. The maximum absolute atomic E-state index is 9.07. The molecule has 0 heterocycles. The third-order valence-corrected chi connectivity index (χ3v) is 0.528. The topological polar surface area (TPSA) is 34.1 Å². The normalized spacial score (nSPS) is 5.60. The maximum atomic E-state index is 9.07. The molecule has 0 atom stereocenters. The molecule has 0 saturated carbocycles. The van der Waals surface area contributed by atoms with Gasteiger partial charge in [-0.3, -0.25) is 0 Å². The average Bonchev–Trinajstić information content (AvgIpc) is 1.41. The van der Waals surface area contributed by atoms with Crippen molar-refractivity contribution in [1.29, 1.82) is 0 Å². The van der Waals surface area contributed by atoms with Crippen LogP contribution in [0.3, 0.4) is 0 Å². The number of carbonyl (C=O) groups excluding carboxylic acids is 2. The molecule has 0 spiro atoms. The molecule has 2 nitrogen and oxygen atoms in total. The summed E-state index contributed by atoms with van der Waals surface area (Å²) in [5.74, 6) is 0. The average molecular weight is 251 g/mol. The van der Waals surface area contributed by atoms with Crippen molar-refractivity contribution >= 4 is 8.53 Å². The molecule has 0 bridgehead atoms. The van der Waals surface area contributed by atoms with E-state index in [4.69, 9.17) is 9.59 Å². The first-order valence-electron chi connectivity index (χ1n) is 0.724. The van der Waals surface area contributed by atoms with Gasteiger partial charge in [-0.2, -0.15) is 0 Å². The van der Waals surface area contributed by atoms with Crippen LogP contribution in [-0.4, -0.2) is 8.53 Å². The number of rotatable bonds is 0.